The Kier molecular flexibility index (Phi) is 35.0. The van der Waals surface area contributed by atoms with Gasteiger partial charge in [0.2, 0.25) is 0 Å². The first-order chi connectivity index (χ1) is 60.9. The number of aromatic nitrogens is 13. The molecule has 126 heavy (non-hydrogen) atoms. The van der Waals surface area contributed by atoms with Gasteiger partial charge in [-0.25, -0.2) is 4.98 Å². The highest BCUT2D eigenvalue weighted by Crippen LogP contribution is 2.38. The van der Waals surface area contributed by atoms with E-state index in [0.717, 1.165) is 22.4 Å². The summed E-state index contributed by atoms with van der Waals surface area (Å²) < 4.78 is 15.7. The molecule has 21 rings (SSSR count). The molecule has 0 fully saturated rings. The summed E-state index contributed by atoms with van der Waals surface area (Å²) in [4.78, 5) is 26.4. The van der Waals surface area contributed by atoms with Crippen molar-refractivity contribution < 1.29 is 0 Å². The molecule has 13 heterocycles. The van der Waals surface area contributed by atoms with Crippen molar-refractivity contribution in [3.63, 3.8) is 0 Å². The third kappa shape index (κ3) is 18.9. The van der Waals surface area contributed by atoms with Crippen molar-refractivity contribution in [2.45, 2.75) is 194 Å². The lowest BCUT2D eigenvalue weighted by Crippen LogP contribution is -1.93. The molecule has 8 aromatic carbocycles. The molecule has 21 aromatic rings. The highest BCUT2D eigenvalue weighted by Gasteiger charge is 2.19. The molecular formula is C113H141N13. The van der Waals surface area contributed by atoms with Gasteiger partial charge in [0.1, 0.15) is 5.65 Å². The van der Waals surface area contributed by atoms with Crippen molar-refractivity contribution in [1.29, 1.82) is 0 Å². The molecule has 13 nitrogen and oxygen atoms in total. The van der Waals surface area contributed by atoms with Crippen LogP contribution in [0.5, 0.6) is 0 Å². The number of nitrogens with zero attached hydrogens (tertiary/aromatic N) is 13. The predicted octanol–water partition coefficient (Wildman–Crippen LogP) is 31.2. The number of hydrogen-bond donors (Lipinski definition) is 0. The summed E-state index contributed by atoms with van der Waals surface area (Å²) in [6.45, 7) is 58.2. The Morgan fingerprint density at radius 2 is 0.508 bits per heavy atom. The Bertz CT molecular complexity index is 6060. The minimum absolute atomic E-state index is 1.06. The Morgan fingerprint density at radius 1 is 0.183 bits per heavy atom. The van der Waals surface area contributed by atoms with Crippen LogP contribution in [0.1, 0.15) is 175 Å². The molecule has 0 amide bonds. The topological polar surface area (TPSA) is 112 Å². The quantitative estimate of drug-likeness (QED) is 0.149. The van der Waals surface area contributed by atoms with E-state index >= 15 is 0 Å². The summed E-state index contributed by atoms with van der Waals surface area (Å²) in [6.07, 6.45) is 15.3. The Hall–Kier alpha value is -12.7. The van der Waals surface area contributed by atoms with Crippen LogP contribution in [0.25, 0.3) is 153 Å². The van der Waals surface area contributed by atoms with Crippen LogP contribution < -0.4 is 0 Å². The number of fused-ring (bicyclic) bond motifs is 21. The van der Waals surface area contributed by atoms with Gasteiger partial charge in [0.15, 0.2) is 0 Å². The second-order valence-electron chi connectivity index (χ2n) is 30.5. The second kappa shape index (κ2) is 44.7. The summed E-state index contributed by atoms with van der Waals surface area (Å²) in [5.41, 5.74) is 38.4. The molecule has 13 heteroatoms. The molecular weight excluding hydrogens is 1540 g/mol. The van der Waals surface area contributed by atoms with Gasteiger partial charge in [-0.1, -0.05) is 212 Å². The largest absolute Gasteiger partial charge is 0.343 e. The second-order valence-corrected chi connectivity index (χ2v) is 30.5. The van der Waals surface area contributed by atoms with E-state index in [1.54, 1.807) is 0 Å². The van der Waals surface area contributed by atoms with Gasteiger partial charge in [-0.05, 0) is 224 Å². The van der Waals surface area contributed by atoms with Crippen LogP contribution in [0, 0.1) is 96.9 Å². The van der Waals surface area contributed by atoms with E-state index in [-0.39, 0.29) is 0 Å². The Balaban J connectivity index is 0.000000178. The van der Waals surface area contributed by atoms with E-state index in [1.807, 2.05) is 159 Å². The van der Waals surface area contributed by atoms with Crippen LogP contribution in [0.2, 0.25) is 0 Å². The fourth-order valence-corrected chi connectivity index (χ4v) is 17.1. The molecule has 0 aliphatic carbocycles. The van der Waals surface area contributed by atoms with Gasteiger partial charge in [-0.2, -0.15) is 0 Å². The van der Waals surface area contributed by atoms with Crippen molar-refractivity contribution in [2.75, 3.05) is 0 Å². The zero-order valence-corrected chi connectivity index (χ0v) is 82.6. The number of para-hydroxylation sites is 3. The average molecular weight is 1680 g/mol. The Morgan fingerprint density at radius 3 is 1.01 bits per heavy atom. The number of hydrogen-bond acceptors (Lipinski definition) is 6. The molecule has 0 saturated heterocycles. The van der Waals surface area contributed by atoms with Crippen molar-refractivity contribution in [1.82, 2.24) is 61.9 Å². The van der Waals surface area contributed by atoms with Crippen LogP contribution in [0.15, 0.2) is 219 Å². The van der Waals surface area contributed by atoms with Gasteiger partial charge in [0.05, 0.1) is 77.9 Å². The number of aryl methyl sites for hydroxylation is 21. The first-order valence-electron chi connectivity index (χ1n) is 45.6. The third-order valence-electron chi connectivity index (χ3n) is 24.3. The van der Waals surface area contributed by atoms with Gasteiger partial charge in [-0.15, -0.1) is 0 Å². The smallest absolute Gasteiger partial charge is 0.140 e. The van der Waals surface area contributed by atoms with Crippen LogP contribution in [-0.2, 0) is 49.3 Å². The van der Waals surface area contributed by atoms with E-state index in [0.29, 0.717) is 0 Å². The van der Waals surface area contributed by atoms with Crippen LogP contribution in [-0.4, -0.2) is 61.9 Å². The van der Waals surface area contributed by atoms with Gasteiger partial charge >= 0.3 is 0 Å². The summed E-state index contributed by atoms with van der Waals surface area (Å²) >= 11 is 0. The SMILES string of the molecule is CC.CC.CC.CC.CC.CC.CC.Cc1ccc2c3ccccc3n(C)c2c1C.Cc1ccc2c3cccnc3n(C)c2c1C.Cc1ccc2c3ccncc3n(C)c2c1C.Cc1ccc2c3cnccc3n(C)c2c1C.Cc1ccc2c3ncccc3n(C)c2c1C.Cc1cnc2c3ccccc3n(C)c2c1C.Cc1ncc2c3ccccc3n(C)c2c1C. The number of rotatable bonds is 0. The van der Waals surface area contributed by atoms with Crippen molar-refractivity contribution >= 4 is 153 Å². The van der Waals surface area contributed by atoms with Crippen molar-refractivity contribution in [2.24, 2.45) is 49.3 Å². The summed E-state index contributed by atoms with van der Waals surface area (Å²) in [7, 11) is 14.8. The van der Waals surface area contributed by atoms with Gasteiger partial charge < -0.3 is 32.0 Å². The molecule has 0 aliphatic heterocycles. The normalized spacial score (nSPS) is 10.5. The molecule has 0 spiro atoms. The maximum Gasteiger partial charge on any atom is 0.140 e. The molecule has 658 valence electrons. The van der Waals surface area contributed by atoms with E-state index in [1.165, 1.54) is 209 Å². The zero-order valence-electron chi connectivity index (χ0n) is 82.6. The van der Waals surface area contributed by atoms with Gasteiger partial charge in [-0.3, -0.25) is 24.9 Å². The maximum absolute atomic E-state index is 4.57. The highest BCUT2D eigenvalue weighted by atomic mass is 15.0. The van der Waals surface area contributed by atoms with Crippen LogP contribution >= 0.6 is 0 Å². The number of benzene rings is 8. The van der Waals surface area contributed by atoms with Gasteiger partial charge in [0.25, 0.3) is 0 Å². The lowest BCUT2D eigenvalue weighted by molar-refractivity contribution is 0.983. The molecule has 0 atom stereocenters. The van der Waals surface area contributed by atoms with Crippen molar-refractivity contribution in [3.05, 3.63) is 297 Å². The Labute approximate surface area is 750 Å². The van der Waals surface area contributed by atoms with Gasteiger partial charge in [0, 0.05) is 174 Å². The zero-order chi connectivity index (χ0) is 93.0. The molecule has 13 aromatic heterocycles. The monoisotopic (exact) mass is 1680 g/mol. The predicted molar refractivity (Wildman–Crippen MR) is 555 cm³/mol. The summed E-state index contributed by atoms with van der Waals surface area (Å²) in [6, 6.07) is 59.9. The molecule has 0 bridgehead atoms. The lowest BCUT2D eigenvalue weighted by atomic mass is 10.1. The fourth-order valence-electron chi connectivity index (χ4n) is 17.1. The molecule has 0 saturated carbocycles. The maximum atomic E-state index is 4.57. The van der Waals surface area contributed by atoms with Crippen LogP contribution in [0.4, 0.5) is 0 Å². The fraction of sp³-hybridized carbons (Fsp3) is 0.310. The minimum atomic E-state index is 1.06. The molecule has 0 radical (unpaired) electrons. The van der Waals surface area contributed by atoms with Crippen molar-refractivity contribution in [3.8, 4) is 0 Å². The van der Waals surface area contributed by atoms with Crippen LogP contribution in [0.3, 0.4) is 0 Å². The summed E-state index contributed by atoms with van der Waals surface area (Å²) in [5.74, 6) is 0. The average Bonchev–Trinajstić information content (AvgIpc) is 1.66. The standard InChI is InChI=1S/C15H15N.6C14H14N2.7C2H6/c1-10-8-9-13-12-6-4-5-7-14(12)16(3)15(13)11(10)2;1-9-4-5-12-11-6-7-15-8-13(11)16(3)14(12)10(9)2;1-9-4-5-11-12-8-15-7-6-13(12)16(3)14(11)10(9)2;1-9-6-7-11-13-12(5-4-8-15-13)16(3)14(11)10(9)2;1-9-6-7-11-12-5-4-8-15-14(12)16(3)13(11)10(9)2;1-9-10(2)15-8-12-11-6-4-5-7-13(11)16(3)14(9)12;1-9-8-15-13-11-6-4-5-7-12(11)16(3)14(13)10(9)2;7*1-2/h4-9H,1-3H3;6*4-8H,1-3H3;7*1-2H3. The molecule has 0 N–H and O–H groups in total. The number of pyridine rings is 6. The van der Waals surface area contributed by atoms with E-state index in [4.69, 9.17) is 0 Å². The van der Waals surface area contributed by atoms with E-state index in [9.17, 15) is 0 Å². The first kappa shape index (κ1) is 98.7. The molecule has 0 unspecified atom stereocenters. The summed E-state index contributed by atoms with van der Waals surface area (Å²) in [5, 5.41) is 15.4. The van der Waals surface area contributed by atoms with E-state index < -0.39 is 0 Å². The minimum Gasteiger partial charge on any atom is -0.343 e. The third-order valence-corrected chi connectivity index (χ3v) is 24.3. The highest BCUT2D eigenvalue weighted by molar-refractivity contribution is 6.14. The first-order valence-corrected chi connectivity index (χ1v) is 45.6. The molecule has 0 aliphatic rings. The lowest BCUT2D eigenvalue weighted by Gasteiger charge is -2.04. The van der Waals surface area contributed by atoms with E-state index in [2.05, 4.69) is 366 Å².